The highest BCUT2D eigenvalue weighted by Gasteiger charge is 2.21. The second-order valence-electron chi connectivity index (χ2n) is 6.17. The molecule has 0 spiro atoms. The number of para-hydroxylation sites is 2. The maximum absolute atomic E-state index is 11.3. The van der Waals surface area contributed by atoms with E-state index in [1.165, 1.54) is 5.56 Å². The first kappa shape index (κ1) is 16.9. The van der Waals surface area contributed by atoms with Crippen LogP contribution in [0.5, 0.6) is 0 Å². The fraction of sp³-hybridized carbons (Fsp3) is 0.316. The molecule has 0 bridgehead atoms. The van der Waals surface area contributed by atoms with Crippen molar-refractivity contribution in [2.45, 2.75) is 13.0 Å². The quantitative estimate of drug-likeness (QED) is 0.633. The van der Waals surface area contributed by atoms with E-state index >= 15 is 0 Å². The minimum atomic E-state index is -0.311. The van der Waals surface area contributed by atoms with E-state index in [4.69, 9.17) is 5.26 Å². The molecule has 0 aliphatic carbocycles. The Morgan fingerprint density at radius 3 is 2.52 bits per heavy atom. The number of nitrogens with zero attached hydrogens (tertiary/aromatic N) is 4. The zero-order valence-corrected chi connectivity index (χ0v) is 14.0. The third-order valence-electron chi connectivity index (χ3n) is 4.50. The third-order valence-corrected chi connectivity index (χ3v) is 4.50. The van der Waals surface area contributed by atoms with Crippen molar-refractivity contribution < 1.29 is 4.92 Å². The minimum absolute atomic E-state index is 0.169. The van der Waals surface area contributed by atoms with E-state index in [9.17, 15) is 10.1 Å². The van der Waals surface area contributed by atoms with Crippen molar-refractivity contribution >= 4 is 11.4 Å². The van der Waals surface area contributed by atoms with Crippen LogP contribution in [0.1, 0.15) is 17.5 Å². The second-order valence-corrected chi connectivity index (χ2v) is 6.17. The van der Waals surface area contributed by atoms with E-state index in [1.54, 1.807) is 12.1 Å². The van der Waals surface area contributed by atoms with Crippen LogP contribution < -0.4 is 4.90 Å². The summed E-state index contributed by atoms with van der Waals surface area (Å²) in [6, 6.07) is 16.7. The number of hydrogen-bond donors (Lipinski definition) is 0. The molecule has 2 aromatic carbocycles. The Kier molecular flexibility index (Phi) is 5.26. The Labute approximate surface area is 147 Å². The van der Waals surface area contributed by atoms with Gasteiger partial charge < -0.3 is 4.90 Å². The highest BCUT2D eigenvalue weighted by Crippen LogP contribution is 2.28. The highest BCUT2D eigenvalue weighted by atomic mass is 16.6. The van der Waals surface area contributed by atoms with E-state index in [0.717, 1.165) is 39.1 Å². The van der Waals surface area contributed by atoms with E-state index in [2.05, 4.69) is 15.9 Å². The molecule has 25 heavy (non-hydrogen) atoms. The van der Waals surface area contributed by atoms with Crippen LogP contribution in [0.3, 0.4) is 0 Å². The molecule has 3 rings (SSSR count). The average molecular weight is 336 g/mol. The van der Waals surface area contributed by atoms with Gasteiger partial charge in [-0.1, -0.05) is 24.3 Å². The van der Waals surface area contributed by atoms with E-state index in [0.29, 0.717) is 11.3 Å². The first-order valence-electron chi connectivity index (χ1n) is 8.37. The van der Waals surface area contributed by atoms with Crippen LogP contribution in [-0.2, 0) is 6.54 Å². The number of benzene rings is 2. The number of hydrogen-bond acceptors (Lipinski definition) is 5. The van der Waals surface area contributed by atoms with Crippen LogP contribution in [0.15, 0.2) is 48.5 Å². The smallest absolute Gasteiger partial charge is 0.292 e. The molecule has 6 heteroatoms. The summed E-state index contributed by atoms with van der Waals surface area (Å²) in [5.41, 5.74) is 2.72. The van der Waals surface area contributed by atoms with Crippen LogP contribution in [0.2, 0.25) is 0 Å². The molecule has 1 fully saturated rings. The van der Waals surface area contributed by atoms with Crippen molar-refractivity contribution in [3.05, 3.63) is 69.8 Å². The lowest BCUT2D eigenvalue weighted by Gasteiger charge is -2.23. The van der Waals surface area contributed by atoms with Crippen LogP contribution in [0.4, 0.5) is 11.4 Å². The molecule has 1 heterocycles. The zero-order valence-electron chi connectivity index (χ0n) is 14.0. The van der Waals surface area contributed by atoms with Gasteiger partial charge in [0.05, 0.1) is 16.6 Å². The lowest BCUT2D eigenvalue weighted by atomic mass is 10.1. The summed E-state index contributed by atoms with van der Waals surface area (Å²) in [6.07, 6.45) is 0.961. The largest absolute Gasteiger partial charge is 0.365 e. The van der Waals surface area contributed by atoms with Crippen LogP contribution in [0.25, 0.3) is 0 Å². The summed E-state index contributed by atoms with van der Waals surface area (Å²) < 4.78 is 0. The lowest BCUT2D eigenvalue weighted by molar-refractivity contribution is -0.384. The van der Waals surface area contributed by atoms with Gasteiger partial charge in [-0.3, -0.25) is 15.0 Å². The van der Waals surface area contributed by atoms with Gasteiger partial charge in [-0.25, -0.2) is 0 Å². The molecule has 2 aromatic rings. The van der Waals surface area contributed by atoms with Gasteiger partial charge in [0.15, 0.2) is 0 Å². The topological polar surface area (TPSA) is 73.4 Å². The minimum Gasteiger partial charge on any atom is -0.365 e. The van der Waals surface area contributed by atoms with Gasteiger partial charge in [-0.2, -0.15) is 5.26 Å². The van der Waals surface area contributed by atoms with Crippen molar-refractivity contribution in [1.29, 1.82) is 5.26 Å². The van der Waals surface area contributed by atoms with Gasteiger partial charge in [0, 0.05) is 38.8 Å². The SMILES string of the molecule is N#Cc1ccc(CN2CCCN(c3ccccc3[N+](=O)[O-])CC2)cc1. The number of anilines is 1. The molecule has 0 radical (unpaired) electrons. The summed E-state index contributed by atoms with van der Waals surface area (Å²) in [5.74, 6) is 0. The van der Waals surface area contributed by atoms with Crippen LogP contribution >= 0.6 is 0 Å². The van der Waals surface area contributed by atoms with E-state index in [-0.39, 0.29) is 10.6 Å². The van der Waals surface area contributed by atoms with Gasteiger partial charge in [0.25, 0.3) is 5.69 Å². The molecule has 0 N–H and O–H groups in total. The van der Waals surface area contributed by atoms with Crippen LogP contribution in [0, 0.1) is 21.4 Å². The zero-order chi connectivity index (χ0) is 17.6. The standard InChI is InChI=1S/C19H20N4O2/c20-14-16-6-8-17(9-7-16)15-21-10-3-11-22(13-12-21)18-4-1-2-5-19(18)23(24)25/h1-2,4-9H,3,10-13,15H2. The highest BCUT2D eigenvalue weighted by molar-refractivity contribution is 5.63. The predicted octanol–water partition coefficient (Wildman–Crippen LogP) is 3.18. The molecule has 0 unspecified atom stereocenters. The third kappa shape index (κ3) is 4.14. The number of nitro groups is 1. The Balaban J connectivity index is 1.66. The average Bonchev–Trinajstić information content (AvgIpc) is 2.88. The number of nitro benzene ring substituents is 1. The molecule has 1 saturated heterocycles. The van der Waals surface area contributed by atoms with Gasteiger partial charge in [0.1, 0.15) is 5.69 Å². The first-order chi connectivity index (χ1) is 12.2. The maximum Gasteiger partial charge on any atom is 0.292 e. The predicted molar refractivity (Wildman–Crippen MR) is 96.4 cm³/mol. The number of nitriles is 1. The summed E-state index contributed by atoms with van der Waals surface area (Å²) in [7, 11) is 0. The fourth-order valence-corrected chi connectivity index (χ4v) is 3.20. The van der Waals surface area contributed by atoms with Crippen molar-refractivity contribution in [2.75, 3.05) is 31.1 Å². The van der Waals surface area contributed by atoms with Gasteiger partial charge in [-0.05, 0) is 30.2 Å². The molecule has 1 aliphatic rings. The molecule has 0 atom stereocenters. The van der Waals surface area contributed by atoms with Crippen molar-refractivity contribution in [3.63, 3.8) is 0 Å². The first-order valence-corrected chi connectivity index (χ1v) is 8.37. The van der Waals surface area contributed by atoms with E-state index in [1.807, 2.05) is 36.4 Å². The summed E-state index contributed by atoms with van der Waals surface area (Å²) >= 11 is 0. The molecular weight excluding hydrogens is 316 g/mol. The van der Waals surface area contributed by atoms with Gasteiger partial charge >= 0.3 is 0 Å². The fourth-order valence-electron chi connectivity index (χ4n) is 3.20. The van der Waals surface area contributed by atoms with Gasteiger partial charge in [0.2, 0.25) is 0 Å². The summed E-state index contributed by atoms with van der Waals surface area (Å²) in [5, 5.41) is 20.1. The molecule has 6 nitrogen and oxygen atoms in total. The van der Waals surface area contributed by atoms with Crippen molar-refractivity contribution in [3.8, 4) is 6.07 Å². The molecule has 0 aromatic heterocycles. The Morgan fingerprint density at radius 1 is 1.04 bits per heavy atom. The summed E-state index contributed by atoms with van der Waals surface area (Å²) in [6.45, 7) is 4.22. The van der Waals surface area contributed by atoms with Crippen LogP contribution in [-0.4, -0.2) is 36.0 Å². The Hall–Kier alpha value is -2.91. The van der Waals surface area contributed by atoms with Gasteiger partial charge in [-0.15, -0.1) is 0 Å². The molecule has 0 amide bonds. The van der Waals surface area contributed by atoms with Crippen molar-refractivity contribution in [1.82, 2.24) is 4.90 Å². The second kappa shape index (κ2) is 7.77. The number of rotatable bonds is 4. The normalized spacial score (nSPS) is 15.4. The summed E-state index contributed by atoms with van der Waals surface area (Å²) in [4.78, 5) is 15.4. The molecule has 0 saturated carbocycles. The Morgan fingerprint density at radius 2 is 1.80 bits per heavy atom. The van der Waals surface area contributed by atoms with E-state index < -0.39 is 0 Å². The molecule has 1 aliphatic heterocycles. The Bertz CT molecular complexity index is 783. The monoisotopic (exact) mass is 336 g/mol. The van der Waals surface area contributed by atoms with Crippen molar-refractivity contribution in [2.24, 2.45) is 0 Å². The lowest BCUT2D eigenvalue weighted by Crippen LogP contribution is -2.30. The molecular formula is C19H20N4O2. The molecule has 128 valence electrons. The maximum atomic E-state index is 11.3.